The second-order valence-electron chi connectivity index (χ2n) is 16.7. The highest BCUT2D eigenvalue weighted by Crippen LogP contribution is 2.65. The van der Waals surface area contributed by atoms with E-state index in [0.29, 0.717) is 17.8 Å². The molecule has 2 atom stereocenters. The third-order valence-electron chi connectivity index (χ3n) is 11.2. The van der Waals surface area contributed by atoms with Crippen molar-refractivity contribution in [2.75, 3.05) is 0 Å². The highest BCUT2D eigenvalue weighted by molar-refractivity contribution is 5.14. The van der Waals surface area contributed by atoms with E-state index in [0.717, 1.165) is 0 Å². The Morgan fingerprint density at radius 3 is 1.26 bits per heavy atom. The first kappa shape index (κ1) is 30.1. The van der Waals surface area contributed by atoms with E-state index in [1.54, 1.807) is 0 Å². The highest BCUT2D eigenvalue weighted by atomic mass is 15.1. The van der Waals surface area contributed by atoms with Crippen molar-refractivity contribution < 1.29 is 0 Å². The largest absolute Gasteiger partial charge is 0.313 e. The molecule has 0 radical (unpaired) electrons. The lowest BCUT2D eigenvalue weighted by Crippen LogP contribution is -2.70. The van der Waals surface area contributed by atoms with Gasteiger partial charge >= 0.3 is 0 Å². The van der Waals surface area contributed by atoms with E-state index in [9.17, 15) is 0 Å². The first-order chi connectivity index (χ1) is 14.7. The maximum Gasteiger partial charge on any atom is 0.0665 e. The van der Waals surface area contributed by atoms with Crippen LogP contribution in [0.1, 0.15) is 130 Å². The minimum atomic E-state index is -0.776. The molecule has 0 aromatic carbocycles. The molecule has 0 aromatic rings. The Labute approximate surface area is 213 Å². The van der Waals surface area contributed by atoms with Gasteiger partial charge in [-0.1, -0.05) is 41.5 Å². The zero-order chi connectivity index (χ0) is 27.0. The first-order valence-electron chi connectivity index (χ1n) is 13.9. The normalized spacial score (nSPS) is 28.9. The summed E-state index contributed by atoms with van der Waals surface area (Å²) in [5.74, 6) is 1.72. The lowest BCUT2D eigenvalue weighted by molar-refractivity contribution is -0.165. The van der Waals surface area contributed by atoms with Gasteiger partial charge in [-0.2, -0.15) is 0 Å². The average molecular weight is 479 g/mol. The molecule has 2 heterocycles. The summed E-state index contributed by atoms with van der Waals surface area (Å²) in [6.45, 7) is 35.8. The van der Waals surface area contributed by atoms with Gasteiger partial charge in [0.15, 0.2) is 0 Å². The maximum atomic E-state index is 6.75. The van der Waals surface area contributed by atoms with Crippen LogP contribution in [0.3, 0.4) is 0 Å². The number of nitrogens with one attached hydrogen (secondary N) is 2. The second kappa shape index (κ2) is 8.43. The molecule has 2 rings (SSSR count). The van der Waals surface area contributed by atoms with Gasteiger partial charge < -0.3 is 22.1 Å². The summed E-state index contributed by atoms with van der Waals surface area (Å²) in [6, 6.07) is 0. The third-order valence-corrected chi connectivity index (χ3v) is 11.2. The minimum absolute atomic E-state index is 0.0430. The standard InChI is InChI=1S/C30H62N4/c1-20(21-16-23(2,3)33-24(4,5)17-21)29(14,27(10,11)28(12,13)30(15,31)32)22-18-25(6,7)34-26(8,9)19-22/h20-22,33-34H,16-19,31-32H2,1-15H3. The number of hydrogen-bond donors (Lipinski definition) is 4. The van der Waals surface area contributed by atoms with E-state index in [1.165, 1.54) is 25.7 Å². The Bertz CT molecular complexity index is 705. The van der Waals surface area contributed by atoms with Crippen molar-refractivity contribution in [3.63, 3.8) is 0 Å². The van der Waals surface area contributed by atoms with Crippen LogP contribution in [0.25, 0.3) is 0 Å². The quantitative estimate of drug-likeness (QED) is 0.332. The van der Waals surface area contributed by atoms with E-state index in [1.807, 2.05) is 6.92 Å². The molecule has 0 aliphatic carbocycles. The lowest BCUT2D eigenvalue weighted by atomic mass is 9.41. The number of hydrogen-bond acceptors (Lipinski definition) is 4. The van der Waals surface area contributed by atoms with Gasteiger partial charge in [0.25, 0.3) is 0 Å². The molecule has 0 spiro atoms. The van der Waals surface area contributed by atoms with Crippen LogP contribution < -0.4 is 22.1 Å². The maximum absolute atomic E-state index is 6.75. The van der Waals surface area contributed by atoms with Crippen molar-refractivity contribution in [2.45, 2.75) is 157 Å². The summed E-state index contributed by atoms with van der Waals surface area (Å²) >= 11 is 0. The predicted octanol–water partition coefficient (Wildman–Crippen LogP) is 6.43. The van der Waals surface area contributed by atoms with Gasteiger partial charge in [-0.05, 0) is 117 Å². The summed E-state index contributed by atoms with van der Waals surface area (Å²) in [5, 5.41) is 7.86. The van der Waals surface area contributed by atoms with Crippen LogP contribution in [0.15, 0.2) is 0 Å². The van der Waals surface area contributed by atoms with Gasteiger partial charge in [-0.3, -0.25) is 0 Å². The minimum Gasteiger partial charge on any atom is -0.313 e. The number of piperidine rings is 2. The van der Waals surface area contributed by atoms with Gasteiger partial charge in [0.1, 0.15) is 0 Å². The molecule has 202 valence electrons. The molecule has 2 saturated heterocycles. The fourth-order valence-electron chi connectivity index (χ4n) is 8.79. The summed E-state index contributed by atoms with van der Waals surface area (Å²) in [4.78, 5) is 0. The van der Waals surface area contributed by atoms with Gasteiger partial charge in [0.2, 0.25) is 0 Å². The number of rotatable bonds is 6. The summed E-state index contributed by atoms with van der Waals surface area (Å²) in [6.07, 6.45) is 4.73. The van der Waals surface area contributed by atoms with Crippen LogP contribution in [-0.4, -0.2) is 27.8 Å². The molecule has 2 aliphatic heterocycles. The fourth-order valence-corrected chi connectivity index (χ4v) is 8.79. The molecular formula is C30H62N4. The summed E-state index contributed by atoms with van der Waals surface area (Å²) < 4.78 is 0. The lowest BCUT2D eigenvalue weighted by Gasteiger charge is -2.66. The van der Waals surface area contributed by atoms with Crippen molar-refractivity contribution in [1.29, 1.82) is 0 Å². The van der Waals surface area contributed by atoms with Gasteiger partial charge in [-0.15, -0.1) is 0 Å². The van der Waals surface area contributed by atoms with Crippen LogP contribution in [0.2, 0.25) is 0 Å². The molecular weight excluding hydrogens is 416 g/mol. The van der Waals surface area contributed by atoms with Crippen LogP contribution in [0.5, 0.6) is 0 Å². The van der Waals surface area contributed by atoms with Crippen molar-refractivity contribution in [1.82, 2.24) is 10.6 Å². The van der Waals surface area contributed by atoms with Gasteiger partial charge in [-0.25, -0.2) is 0 Å². The molecule has 2 fully saturated rings. The highest BCUT2D eigenvalue weighted by Gasteiger charge is 2.63. The summed E-state index contributed by atoms with van der Waals surface area (Å²) in [5.41, 5.74) is 12.9. The van der Waals surface area contributed by atoms with Crippen molar-refractivity contribution in [3.8, 4) is 0 Å². The zero-order valence-corrected chi connectivity index (χ0v) is 25.7. The zero-order valence-electron chi connectivity index (χ0n) is 25.7. The first-order valence-corrected chi connectivity index (χ1v) is 13.9. The third kappa shape index (κ3) is 5.41. The van der Waals surface area contributed by atoms with E-state index in [2.05, 4.69) is 108 Å². The van der Waals surface area contributed by atoms with E-state index < -0.39 is 5.66 Å². The molecule has 2 aliphatic rings. The molecule has 0 bridgehead atoms. The Kier molecular flexibility index (Phi) is 7.46. The molecule has 0 aromatic heterocycles. The van der Waals surface area contributed by atoms with Crippen molar-refractivity contribution in [3.05, 3.63) is 0 Å². The Morgan fingerprint density at radius 1 is 0.618 bits per heavy atom. The smallest absolute Gasteiger partial charge is 0.0665 e. The Balaban J connectivity index is 2.71. The topological polar surface area (TPSA) is 76.1 Å². The fraction of sp³-hybridized carbons (Fsp3) is 1.00. The van der Waals surface area contributed by atoms with E-state index in [4.69, 9.17) is 11.5 Å². The van der Waals surface area contributed by atoms with Crippen LogP contribution in [0.4, 0.5) is 0 Å². The molecule has 34 heavy (non-hydrogen) atoms. The average Bonchev–Trinajstić information content (AvgIpc) is 2.53. The molecule has 6 N–H and O–H groups in total. The molecule has 0 saturated carbocycles. The molecule has 4 nitrogen and oxygen atoms in total. The van der Waals surface area contributed by atoms with E-state index >= 15 is 0 Å². The summed E-state index contributed by atoms with van der Waals surface area (Å²) in [7, 11) is 0. The Morgan fingerprint density at radius 2 is 0.941 bits per heavy atom. The molecule has 4 heteroatoms. The predicted molar refractivity (Wildman–Crippen MR) is 150 cm³/mol. The van der Waals surface area contributed by atoms with Crippen molar-refractivity contribution >= 4 is 0 Å². The van der Waals surface area contributed by atoms with Gasteiger partial charge in [0, 0.05) is 27.6 Å². The molecule has 2 unspecified atom stereocenters. The monoisotopic (exact) mass is 478 g/mol. The second-order valence-corrected chi connectivity index (χ2v) is 16.7. The van der Waals surface area contributed by atoms with Crippen molar-refractivity contribution in [2.24, 2.45) is 45.5 Å². The van der Waals surface area contributed by atoms with Crippen LogP contribution >= 0.6 is 0 Å². The van der Waals surface area contributed by atoms with E-state index in [-0.39, 0.29) is 38.4 Å². The Hall–Kier alpha value is -0.160. The van der Waals surface area contributed by atoms with Crippen LogP contribution in [0, 0.1) is 34.0 Å². The van der Waals surface area contributed by atoms with Crippen LogP contribution in [-0.2, 0) is 0 Å². The number of nitrogens with two attached hydrogens (primary N) is 2. The SMILES string of the molecule is CC(C1CC(C)(C)NC(C)(C)C1)C(C)(C1CC(C)(C)NC(C)(C)C1)C(C)(C)C(C)(C)C(C)(N)N. The molecule has 0 amide bonds. The van der Waals surface area contributed by atoms with Gasteiger partial charge in [0.05, 0.1) is 5.66 Å².